The van der Waals surface area contributed by atoms with Crippen molar-refractivity contribution in [1.29, 1.82) is 0 Å². The topological polar surface area (TPSA) is 25.8 Å². The van der Waals surface area contributed by atoms with Gasteiger partial charge in [-0.2, -0.15) is 5.10 Å². The first-order valence-corrected chi connectivity index (χ1v) is 2.28. The lowest BCUT2D eigenvalue weighted by atomic mass is 10.3. The van der Waals surface area contributed by atoms with Gasteiger partial charge in [0, 0.05) is 5.56 Å². The summed E-state index contributed by atoms with van der Waals surface area (Å²) in [6, 6.07) is 1.18. The maximum absolute atomic E-state index is 11.7. The highest BCUT2D eigenvalue weighted by Gasteiger charge is 2.05. The van der Waals surface area contributed by atoms with Crippen LogP contribution in [0.2, 0.25) is 0 Å². The van der Waals surface area contributed by atoms with Crippen LogP contribution in [0.5, 0.6) is 0 Å². The second-order valence-corrected chi connectivity index (χ2v) is 1.40. The second kappa shape index (κ2) is 2.48. The lowest BCUT2D eigenvalue weighted by molar-refractivity contribution is 0.150. The zero-order chi connectivity index (χ0) is 6.69. The third-order valence-electron chi connectivity index (χ3n) is 0.793. The summed E-state index contributed by atoms with van der Waals surface area (Å²) in [7, 11) is 0. The lowest BCUT2D eigenvalue weighted by Crippen LogP contribution is -1.86. The molecule has 2 nitrogen and oxygen atoms in total. The van der Waals surface area contributed by atoms with Gasteiger partial charge in [0.2, 0.25) is 0 Å². The Labute approximate surface area is 50.5 Å². The minimum Gasteiger partial charge on any atom is -0.205 e. The normalized spacial score (nSPS) is 10.1. The van der Waals surface area contributed by atoms with Crippen molar-refractivity contribution < 1.29 is 8.78 Å². The molecule has 1 aromatic heterocycles. The van der Waals surface area contributed by atoms with Crippen LogP contribution in [0.1, 0.15) is 12.0 Å². The van der Waals surface area contributed by atoms with Gasteiger partial charge in [-0.25, -0.2) is 8.78 Å². The molecule has 1 aromatic rings. The molecule has 0 aromatic carbocycles. The van der Waals surface area contributed by atoms with E-state index in [9.17, 15) is 8.78 Å². The molecule has 0 bridgehead atoms. The van der Waals surface area contributed by atoms with Crippen LogP contribution in [-0.2, 0) is 0 Å². The molecule has 0 aliphatic heterocycles. The molecular weight excluding hydrogens is 126 g/mol. The summed E-state index contributed by atoms with van der Waals surface area (Å²) in [6.07, 6.45) is 0.764. The van der Waals surface area contributed by atoms with Crippen LogP contribution in [0, 0.1) is 6.20 Å². The maximum Gasteiger partial charge on any atom is 0.266 e. The van der Waals surface area contributed by atoms with Crippen LogP contribution in [0.3, 0.4) is 0 Å². The Bertz CT molecular complexity index is 176. The first-order valence-electron chi connectivity index (χ1n) is 2.28. The van der Waals surface area contributed by atoms with Crippen LogP contribution in [0.4, 0.5) is 8.78 Å². The third kappa shape index (κ3) is 1.42. The van der Waals surface area contributed by atoms with E-state index >= 15 is 0 Å². The van der Waals surface area contributed by atoms with Gasteiger partial charge in [-0.1, -0.05) is 0 Å². The molecule has 47 valence electrons. The number of hydrogen-bond acceptors (Lipinski definition) is 2. The van der Waals surface area contributed by atoms with Gasteiger partial charge in [-0.15, -0.1) is 5.10 Å². The molecule has 0 amide bonds. The van der Waals surface area contributed by atoms with Crippen molar-refractivity contribution in [3.8, 4) is 0 Å². The summed E-state index contributed by atoms with van der Waals surface area (Å²) in [4.78, 5) is 0. The highest BCUT2D eigenvalue weighted by atomic mass is 19.3. The fraction of sp³-hybridized carbons (Fsp3) is 0.200. The van der Waals surface area contributed by atoms with E-state index in [0.717, 1.165) is 0 Å². The van der Waals surface area contributed by atoms with Gasteiger partial charge in [0.15, 0.2) is 0 Å². The predicted octanol–water partition coefficient (Wildman–Crippen LogP) is 1.21. The molecule has 9 heavy (non-hydrogen) atoms. The van der Waals surface area contributed by atoms with Gasteiger partial charge in [0.05, 0.1) is 6.20 Å². The number of alkyl halides is 2. The molecule has 1 rings (SSSR count). The van der Waals surface area contributed by atoms with E-state index in [4.69, 9.17) is 0 Å². The average molecular weight is 129 g/mol. The molecule has 0 fully saturated rings. The molecule has 1 heterocycles. The standard InChI is InChI=1S/C5H3F2N2/c6-5(7)4-1-2-8-9-3-4/h1-2,5H. The molecule has 0 aliphatic rings. The molecule has 0 unspecified atom stereocenters. The van der Waals surface area contributed by atoms with E-state index in [1.54, 1.807) is 0 Å². The Hall–Kier alpha value is -1.06. The smallest absolute Gasteiger partial charge is 0.205 e. The molecule has 4 heteroatoms. The van der Waals surface area contributed by atoms with E-state index in [-0.39, 0.29) is 5.56 Å². The van der Waals surface area contributed by atoms with Crippen molar-refractivity contribution in [2.45, 2.75) is 6.43 Å². The molecule has 0 saturated heterocycles. The quantitative estimate of drug-likeness (QED) is 0.569. The number of rotatable bonds is 1. The van der Waals surface area contributed by atoms with E-state index in [1.807, 2.05) is 0 Å². The number of halogens is 2. The zero-order valence-electron chi connectivity index (χ0n) is 4.38. The van der Waals surface area contributed by atoms with E-state index in [1.165, 1.54) is 12.3 Å². The molecule has 0 saturated carbocycles. The summed E-state index contributed by atoms with van der Waals surface area (Å²) in [5.74, 6) is 0. The van der Waals surface area contributed by atoms with Crippen LogP contribution >= 0.6 is 0 Å². The molecule has 0 aliphatic carbocycles. The van der Waals surface area contributed by atoms with Crippen molar-refractivity contribution >= 4 is 0 Å². The summed E-state index contributed by atoms with van der Waals surface area (Å²) < 4.78 is 23.3. The summed E-state index contributed by atoms with van der Waals surface area (Å²) in [6.45, 7) is 0. The van der Waals surface area contributed by atoms with Gasteiger partial charge < -0.3 is 0 Å². The largest absolute Gasteiger partial charge is 0.266 e. The van der Waals surface area contributed by atoms with Crippen molar-refractivity contribution in [2.24, 2.45) is 0 Å². The first kappa shape index (κ1) is 6.07. The Morgan fingerprint density at radius 2 is 2.33 bits per heavy atom. The van der Waals surface area contributed by atoms with Crippen LogP contribution in [0.25, 0.3) is 0 Å². The van der Waals surface area contributed by atoms with Gasteiger partial charge >= 0.3 is 0 Å². The molecular formula is C5H3F2N2. The van der Waals surface area contributed by atoms with Crippen molar-refractivity contribution in [1.82, 2.24) is 10.2 Å². The minimum absolute atomic E-state index is 0.218. The van der Waals surface area contributed by atoms with Crippen molar-refractivity contribution in [2.75, 3.05) is 0 Å². The van der Waals surface area contributed by atoms with Crippen LogP contribution in [0.15, 0.2) is 12.3 Å². The Morgan fingerprint density at radius 1 is 1.56 bits per heavy atom. The molecule has 0 atom stereocenters. The number of aromatic nitrogens is 2. The van der Waals surface area contributed by atoms with Crippen molar-refractivity contribution in [3.63, 3.8) is 0 Å². The minimum atomic E-state index is -2.50. The third-order valence-corrected chi connectivity index (χ3v) is 0.793. The monoisotopic (exact) mass is 129 g/mol. The fourth-order valence-corrected chi connectivity index (χ4v) is 0.392. The van der Waals surface area contributed by atoms with Gasteiger partial charge in [-0.3, -0.25) is 0 Å². The molecule has 1 radical (unpaired) electrons. The summed E-state index contributed by atoms with van der Waals surface area (Å²) in [5.41, 5.74) is -0.218. The lowest BCUT2D eigenvalue weighted by Gasteiger charge is -1.92. The zero-order valence-corrected chi connectivity index (χ0v) is 4.38. The summed E-state index contributed by atoms with van der Waals surface area (Å²) >= 11 is 0. The van der Waals surface area contributed by atoms with Gasteiger partial charge in [0.1, 0.15) is 6.20 Å². The predicted molar refractivity (Wildman–Crippen MR) is 25.8 cm³/mol. The van der Waals surface area contributed by atoms with Gasteiger partial charge in [0.25, 0.3) is 6.43 Å². The summed E-state index contributed by atoms with van der Waals surface area (Å²) in [5, 5.41) is 6.44. The number of nitrogens with zero attached hydrogens (tertiary/aromatic N) is 2. The van der Waals surface area contributed by atoms with E-state index in [0.29, 0.717) is 0 Å². The molecule has 0 spiro atoms. The fourth-order valence-electron chi connectivity index (χ4n) is 0.392. The highest BCUT2D eigenvalue weighted by molar-refractivity contribution is 5.04. The van der Waals surface area contributed by atoms with Crippen LogP contribution < -0.4 is 0 Å². The van der Waals surface area contributed by atoms with E-state index < -0.39 is 6.43 Å². The van der Waals surface area contributed by atoms with Crippen LogP contribution in [-0.4, -0.2) is 10.2 Å². The number of hydrogen-bond donors (Lipinski definition) is 0. The first-order chi connectivity index (χ1) is 4.30. The maximum atomic E-state index is 11.7. The SMILES string of the molecule is FC(F)c1[c]nncc1. The second-order valence-electron chi connectivity index (χ2n) is 1.40. The van der Waals surface area contributed by atoms with Gasteiger partial charge in [-0.05, 0) is 6.07 Å². The molecule has 0 N–H and O–H groups in total. The Kier molecular flexibility index (Phi) is 1.67. The Morgan fingerprint density at radius 3 is 2.67 bits per heavy atom. The highest BCUT2D eigenvalue weighted by Crippen LogP contribution is 2.14. The average Bonchev–Trinajstić information content (AvgIpc) is 1.90. The van der Waals surface area contributed by atoms with Crippen molar-refractivity contribution in [3.05, 3.63) is 24.0 Å². The van der Waals surface area contributed by atoms with E-state index in [2.05, 4.69) is 16.4 Å². The Balaban J connectivity index is 2.85.